The Morgan fingerprint density at radius 2 is 1.97 bits per heavy atom. The van der Waals surface area contributed by atoms with Crippen LogP contribution in [0.4, 0.5) is 0 Å². The fraction of sp³-hybridized carbons (Fsp3) is 0.600. The van der Waals surface area contributed by atoms with E-state index >= 15 is 0 Å². The highest BCUT2D eigenvalue weighted by molar-refractivity contribution is 5.85. The summed E-state index contributed by atoms with van der Waals surface area (Å²) in [6.07, 6.45) is 10.8. The third-order valence-corrected chi connectivity index (χ3v) is 5.46. The van der Waals surface area contributed by atoms with Gasteiger partial charge in [0, 0.05) is 31.3 Å². The van der Waals surface area contributed by atoms with Gasteiger partial charge in [-0.25, -0.2) is 9.59 Å². The van der Waals surface area contributed by atoms with Gasteiger partial charge in [0.15, 0.2) is 6.10 Å². The smallest absolute Gasteiger partial charge is 0.331 e. The summed E-state index contributed by atoms with van der Waals surface area (Å²) in [5, 5.41) is 18.3. The van der Waals surface area contributed by atoms with Crippen LogP contribution >= 0.6 is 0 Å². The summed E-state index contributed by atoms with van der Waals surface area (Å²) < 4.78 is 11.1. The number of aliphatic hydroxyl groups is 2. The fourth-order valence-corrected chi connectivity index (χ4v) is 3.78. The van der Waals surface area contributed by atoms with Crippen molar-refractivity contribution in [2.45, 2.75) is 66.1 Å². The van der Waals surface area contributed by atoms with Crippen molar-refractivity contribution in [1.82, 2.24) is 0 Å². The average molecular weight is 435 g/mol. The number of carbonyl (C=O) groups excluding carboxylic acids is 2. The zero-order valence-corrected chi connectivity index (χ0v) is 19.4. The van der Waals surface area contributed by atoms with Gasteiger partial charge in [-0.2, -0.15) is 0 Å². The summed E-state index contributed by atoms with van der Waals surface area (Å²) in [5.41, 5.74) is 2.10. The van der Waals surface area contributed by atoms with Crippen LogP contribution in [0.1, 0.15) is 53.9 Å². The Morgan fingerprint density at radius 3 is 2.58 bits per heavy atom. The number of carbonyl (C=O) groups is 2. The van der Waals surface area contributed by atoms with Crippen LogP contribution in [-0.4, -0.2) is 47.6 Å². The number of hydrogen-bond acceptors (Lipinski definition) is 6. The lowest BCUT2D eigenvalue weighted by atomic mass is 9.86. The summed E-state index contributed by atoms with van der Waals surface area (Å²) in [7, 11) is 0. The van der Waals surface area contributed by atoms with Crippen molar-refractivity contribution in [3.8, 4) is 0 Å². The van der Waals surface area contributed by atoms with Gasteiger partial charge in [0.2, 0.25) is 0 Å². The molecule has 1 aliphatic heterocycles. The number of cyclic esters (lactones) is 1. The summed E-state index contributed by atoms with van der Waals surface area (Å²) in [6, 6.07) is 0. The third-order valence-electron chi connectivity index (χ3n) is 5.46. The van der Waals surface area contributed by atoms with Crippen molar-refractivity contribution < 1.29 is 29.3 Å². The van der Waals surface area contributed by atoms with Crippen LogP contribution in [-0.2, 0) is 19.1 Å². The molecule has 0 saturated carbocycles. The highest BCUT2D eigenvalue weighted by atomic mass is 16.6. The van der Waals surface area contributed by atoms with E-state index in [-0.39, 0.29) is 25.0 Å². The van der Waals surface area contributed by atoms with E-state index in [0.29, 0.717) is 12.3 Å². The zero-order valence-electron chi connectivity index (χ0n) is 19.4. The van der Waals surface area contributed by atoms with Crippen LogP contribution in [0, 0.1) is 17.8 Å². The lowest BCUT2D eigenvalue weighted by molar-refractivity contribution is -0.164. The predicted molar refractivity (Wildman–Crippen MR) is 121 cm³/mol. The van der Waals surface area contributed by atoms with Crippen molar-refractivity contribution in [2.75, 3.05) is 13.2 Å². The second kappa shape index (κ2) is 14.0. The molecule has 0 aliphatic carbocycles. The number of esters is 2. The van der Waals surface area contributed by atoms with E-state index < -0.39 is 24.1 Å². The molecule has 0 fully saturated rings. The largest absolute Gasteiger partial charge is 0.455 e. The monoisotopic (exact) mass is 434 g/mol. The highest BCUT2D eigenvalue weighted by Gasteiger charge is 2.34. The van der Waals surface area contributed by atoms with Crippen LogP contribution < -0.4 is 0 Å². The second-order valence-electron chi connectivity index (χ2n) is 8.52. The Kier molecular flexibility index (Phi) is 12.1. The summed E-state index contributed by atoms with van der Waals surface area (Å²) in [5.74, 6) is -0.670. The summed E-state index contributed by atoms with van der Waals surface area (Å²) >= 11 is 0. The molecular formula is C25H38O6. The van der Waals surface area contributed by atoms with Crippen molar-refractivity contribution in [2.24, 2.45) is 17.8 Å². The van der Waals surface area contributed by atoms with E-state index in [9.17, 15) is 14.7 Å². The number of ether oxygens (including phenoxy) is 2. The van der Waals surface area contributed by atoms with Gasteiger partial charge in [0.25, 0.3) is 0 Å². The molecule has 0 saturated heterocycles. The molecule has 0 bridgehead atoms. The Bertz CT molecular complexity index is 703. The van der Waals surface area contributed by atoms with Crippen molar-refractivity contribution in [3.63, 3.8) is 0 Å². The number of rotatable bonds is 12. The van der Waals surface area contributed by atoms with Gasteiger partial charge in [-0.1, -0.05) is 43.2 Å². The predicted octanol–water partition coefficient (Wildman–Crippen LogP) is 3.89. The van der Waals surface area contributed by atoms with E-state index in [1.165, 1.54) is 17.7 Å². The molecule has 0 amide bonds. The maximum atomic E-state index is 12.3. The van der Waals surface area contributed by atoms with Gasteiger partial charge in [-0.3, -0.25) is 0 Å². The molecule has 0 radical (unpaired) electrons. The molecule has 0 aromatic heterocycles. The summed E-state index contributed by atoms with van der Waals surface area (Å²) in [4.78, 5) is 24.1. The minimum Gasteiger partial charge on any atom is -0.455 e. The number of allylic oxidation sites excluding steroid dienone is 4. The lowest BCUT2D eigenvalue weighted by Gasteiger charge is -2.32. The maximum Gasteiger partial charge on any atom is 0.331 e. The molecule has 6 heteroatoms. The molecule has 1 heterocycles. The van der Waals surface area contributed by atoms with E-state index in [4.69, 9.17) is 14.6 Å². The van der Waals surface area contributed by atoms with Crippen molar-refractivity contribution >= 4 is 11.9 Å². The first-order valence-corrected chi connectivity index (χ1v) is 11.0. The minimum atomic E-state index is -0.635. The Labute approximate surface area is 186 Å². The van der Waals surface area contributed by atoms with Gasteiger partial charge in [0.05, 0.1) is 0 Å². The molecule has 0 spiro atoms. The van der Waals surface area contributed by atoms with E-state index in [1.807, 2.05) is 20.8 Å². The van der Waals surface area contributed by atoms with Gasteiger partial charge in [-0.15, -0.1) is 0 Å². The van der Waals surface area contributed by atoms with Crippen LogP contribution in [0.3, 0.4) is 0 Å². The molecule has 174 valence electrons. The summed E-state index contributed by atoms with van der Waals surface area (Å²) in [6.45, 7) is 10.0. The van der Waals surface area contributed by atoms with Crippen LogP contribution in [0.15, 0.2) is 47.6 Å². The van der Waals surface area contributed by atoms with Crippen molar-refractivity contribution in [3.05, 3.63) is 47.6 Å². The van der Waals surface area contributed by atoms with E-state index in [1.54, 1.807) is 18.2 Å². The van der Waals surface area contributed by atoms with E-state index in [0.717, 1.165) is 18.4 Å². The Morgan fingerprint density at radius 1 is 1.26 bits per heavy atom. The minimum absolute atomic E-state index is 0.0139. The Hall–Kier alpha value is -2.18. The first kappa shape index (κ1) is 26.9. The lowest BCUT2D eigenvalue weighted by Crippen LogP contribution is -2.41. The molecule has 31 heavy (non-hydrogen) atoms. The van der Waals surface area contributed by atoms with Crippen LogP contribution in [0.5, 0.6) is 0 Å². The molecule has 1 aliphatic rings. The molecule has 2 N–H and O–H groups in total. The van der Waals surface area contributed by atoms with Gasteiger partial charge in [-0.05, 0) is 57.9 Å². The van der Waals surface area contributed by atoms with Crippen molar-refractivity contribution in [1.29, 1.82) is 0 Å². The van der Waals surface area contributed by atoms with Crippen LogP contribution in [0.25, 0.3) is 0 Å². The normalized spacial score (nSPS) is 22.9. The second-order valence-corrected chi connectivity index (χ2v) is 8.52. The average Bonchev–Trinajstić information content (AvgIpc) is 2.72. The molecule has 1 rings (SSSR count). The zero-order chi connectivity index (χ0) is 23.4. The van der Waals surface area contributed by atoms with E-state index in [2.05, 4.69) is 19.9 Å². The molecular weight excluding hydrogens is 396 g/mol. The molecule has 0 aromatic rings. The topological polar surface area (TPSA) is 93.1 Å². The first-order chi connectivity index (χ1) is 14.7. The first-order valence-electron chi connectivity index (χ1n) is 11.0. The number of hydrogen-bond donors (Lipinski definition) is 2. The third kappa shape index (κ3) is 10.1. The standard InChI is InChI=1S/C25H38O6/c1-6-17(2)13-19(4)14-20(5)25-22(8-10-24(29)31-25)30-23(28)9-7-18(3)15-21(16-27)11-12-26/h6-10,15,19-22,25-27H,11-14,16H2,1-5H3/b9-7+,17-6+,18-15+/t19-,20-,21-,22?,25+/m0/s1. The fourth-order valence-electron chi connectivity index (χ4n) is 3.78. The molecule has 0 aromatic carbocycles. The SMILES string of the molecule is C/C=C(\C)C[C@H](C)C[C@H](C)[C@H]1OC(=O)C=CC1OC(=O)/C=C/C(C)=C/[C@@H](CO)CCO. The van der Waals surface area contributed by atoms with Gasteiger partial charge in [0.1, 0.15) is 6.10 Å². The molecule has 5 atom stereocenters. The highest BCUT2D eigenvalue weighted by Crippen LogP contribution is 2.28. The van der Waals surface area contributed by atoms with Gasteiger partial charge >= 0.3 is 11.9 Å². The Balaban J connectivity index is 2.76. The van der Waals surface area contributed by atoms with Gasteiger partial charge < -0.3 is 19.7 Å². The molecule has 1 unspecified atom stereocenters. The quantitative estimate of drug-likeness (QED) is 0.209. The maximum absolute atomic E-state index is 12.3. The van der Waals surface area contributed by atoms with Crippen LogP contribution in [0.2, 0.25) is 0 Å². The molecule has 6 nitrogen and oxygen atoms in total. The number of aliphatic hydroxyl groups excluding tert-OH is 2.